The highest BCUT2D eigenvalue weighted by Crippen LogP contribution is 2.25. The molecule has 0 fully saturated rings. The largest absolute Gasteiger partial charge is 0.497 e. The van der Waals surface area contributed by atoms with Gasteiger partial charge in [-0.25, -0.2) is 0 Å². The highest BCUT2D eigenvalue weighted by Gasteiger charge is 2.17. The molecule has 0 saturated carbocycles. The zero-order valence-electron chi connectivity index (χ0n) is 14.5. The molecule has 138 valence electrons. The van der Waals surface area contributed by atoms with Gasteiger partial charge in [-0.15, -0.1) is 21.5 Å². The van der Waals surface area contributed by atoms with E-state index in [9.17, 15) is 9.59 Å². The van der Waals surface area contributed by atoms with E-state index in [0.29, 0.717) is 33.3 Å². The standard InChI is InChI=1S/C17H15N5O4S/c1-21-16(24)14-11(5-6-27-14)22-13(19-20-17(21)22)8-26-12-4-3-9(25-2)7-10(12)15(18)23/h3-7H,8H2,1-2H3,(H2,18,23). The maximum absolute atomic E-state index is 12.4. The first-order valence-corrected chi connectivity index (χ1v) is 8.80. The van der Waals surface area contributed by atoms with Crippen LogP contribution in [0.25, 0.3) is 16.0 Å². The van der Waals surface area contributed by atoms with Gasteiger partial charge in [0.2, 0.25) is 5.78 Å². The Labute approximate surface area is 156 Å². The van der Waals surface area contributed by atoms with E-state index in [0.717, 1.165) is 0 Å². The summed E-state index contributed by atoms with van der Waals surface area (Å²) in [6, 6.07) is 6.63. The fraction of sp³-hybridized carbons (Fsp3) is 0.176. The number of carbonyl (C=O) groups excluding carboxylic acids is 1. The lowest BCUT2D eigenvalue weighted by Crippen LogP contribution is -2.19. The second-order valence-corrected chi connectivity index (χ2v) is 6.68. The van der Waals surface area contributed by atoms with E-state index in [4.69, 9.17) is 15.2 Å². The molecule has 4 rings (SSSR count). The number of carbonyl (C=O) groups is 1. The molecule has 0 bridgehead atoms. The fourth-order valence-corrected chi connectivity index (χ4v) is 3.69. The summed E-state index contributed by atoms with van der Waals surface area (Å²) < 4.78 is 14.7. The third kappa shape index (κ3) is 2.70. The van der Waals surface area contributed by atoms with Crippen molar-refractivity contribution >= 4 is 33.2 Å². The van der Waals surface area contributed by atoms with Gasteiger partial charge >= 0.3 is 0 Å². The molecule has 1 amide bonds. The molecule has 3 heterocycles. The topological polar surface area (TPSA) is 114 Å². The highest BCUT2D eigenvalue weighted by atomic mass is 32.1. The van der Waals surface area contributed by atoms with Crippen molar-refractivity contribution in [3.63, 3.8) is 0 Å². The molecule has 4 aromatic rings. The van der Waals surface area contributed by atoms with Crippen LogP contribution in [0.1, 0.15) is 16.2 Å². The number of methoxy groups -OCH3 is 1. The van der Waals surface area contributed by atoms with Gasteiger partial charge in [0.05, 0.1) is 18.2 Å². The number of thiophene rings is 1. The Morgan fingerprint density at radius 1 is 1.30 bits per heavy atom. The number of aryl methyl sites for hydroxylation is 1. The Bertz CT molecular complexity index is 1240. The first-order valence-electron chi connectivity index (χ1n) is 7.92. The summed E-state index contributed by atoms with van der Waals surface area (Å²) in [7, 11) is 3.14. The van der Waals surface area contributed by atoms with Crippen molar-refractivity contribution < 1.29 is 14.3 Å². The van der Waals surface area contributed by atoms with Gasteiger partial charge in [-0.05, 0) is 29.6 Å². The van der Waals surface area contributed by atoms with Crippen molar-refractivity contribution in [2.45, 2.75) is 6.61 Å². The van der Waals surface area contributed by atoms with E-state index in [1.165, 1.54) is 29.1 Å². The quantitative estimate of drug-likeness (QED) is 0.554. The first-order chi connectivity index (χ1) is 13.0. The van der Waals surface area contributed by atoms with Gasteiger partial charge in [0, 0.05) is 7.05 Å². The molecule has 0 saturated heterocycles. The lowest BCUT2D eigenvalue weighted by molar-refractivity contribution is 0.0995. The lowest BCUT2D eigenvalue weighted by Gasteiger charge is -2.11. The number of hydrogen-bond donors (Lipinski definition) is 1. The van der Waals surface area contributed by atoms with Crippen LogP contribution < -0.4 is 20.8 Å². The number of primary amides is 1. The molecule has 1 aromatic carbocycles. The number of aromatic nitrogens is 4. The number of rotatable bonds is 5. The van der Waals surface area contributed by atoms with Crippen molar-refractivity contribution in [3.05, 3.63) is 51.4 Å². The van der Waals surface area contributed by atoms with Crippen LogP contribution in [0, 0.1) is 0 Å². The molecule has 0 spiro atoms. The van der Waals surface area contributed by atoms with Crippen molar-refractivity contribution in [3.8, 4) is 11.5 Å². The van der Waals surface area contributed by atoms with Crippen LogP contribution in [0.3, 0.4) is 0 Å². The van der Waals surface area contributed by atoms with E-state index in [1.807, 2.05) is 11.4 Å². The number of hydrogen-bond acceptors (Lipinski definition) is 7. The molecule has 0 unspecified atom stereocenters. The number of nitrogens with two attached hydrogens (primary N) is 1. The van der Waals surface area contributed by atoms with Gasteiger partial charge < -0.3 is 15.2 Å². The van der Waals surface area contributed by atoms with Crippen LogP contribution in [-0.2, 0) is 13.7 Å². The maximum atomic E-state index is 12.4. The zero-order chi connectivity index (χ0) is 19.1. The molecular formula is C17H15N5O4S. The molecule has 27 heavy (non-hydrogen) atoms. The Hall–Kier alpha value is -3.40. The smallest absolute Gasteiger partial charge is 0.272 e. The molecule has 10 heteroatoms. The van der Waals surface area contributed by atoms with Crippen LogP contribution >= 0.6 is 11.3 Å². The van der Waals surface area contributed by atoms with Crippen molar-refractivity contribution in [1.82, 2.24) is 19.2 Å². The Kier molecular flexibility index (Phi) is 4.04. The number of ether oxygens (including phenoxy) is 2. The van der Waals surface area contributed by atoms with Crippen LogP contribution in [-0.4, -0.2) is 32.2 Å². The molecule has 0 radical (unpaired) electrons. The number of nitrogens with zero attached hydrogens (tertiary/aromatic N) is 4. The lowest BCUT2D eigenvalue weighted by atomic mass is 10.2. The minimum Gasteiger partial charge on any atom is -0.497 e. The van der Waals surface area contributed by atoms with E-state index in [1.54, 1.807) is 23.6 Å². The van der Waals surface area contributed by atoms with E-state index in [2.05, 4.69) is 10.2 Å². The highest BCUT2D eigenvalue weighted by molar-refractivity contribution is 7.17. The minimum atomic E-state index is -0.627. The molecule has 0 aliphatic carbocycles. The van der Waals surface area contributed by atoms with Crippen molar-refractivity contribution in [2.75, 3.05) is 7.11 Å². The zero-order valence-corrected chi connectivity index (χ0v) is 15.3. The molecule has 0 aliphatic heterocycles. The average molecular weight is 385 g/mol. The Balaban J connectivity index is 1.76. The molecule has 0 aliphatic rings. The molecule has 0 atom stereocenters. The van der Waals surface area contributed by atoms with Gasteiger partial charge in [0.1, 0.15) is 22.8 Å². The average Bonchev–Trinajstić information content (AvgIpc) is 3.31. The summed E-state index contributed by atoms with van der Waals surface area (Å²) in [5, 5.41) is 10.1. The number of amides is 1. The maximum Gasteiger partial charge on any atom is 0.272 e. The van der Waals surface area contributed by atoms with E-state index >= 15 is 0 Å². The van der Waals surface area contributed by atoms with Gasteiger partial charge in [0.25, 0.3) is 11.5 Å². The second kappa shape index (κ2) is 6.40. The molecular weight excluding hydrogens is 370 g/mol. The summed E-state index contributed by atoms with van der Waals surface area (Å²) in [6.07, 6.45) is 0. The Morgan fingerprint density at radius 2 is 2.11 bits per heavy atom. The summed E-state index contributed by atoms with van der Waals surface area (Å²) in [4.78, 5) is 24.1. The number of fused-ring (bicyclic) bond motifs is 3. The van der Waals surface area contributed by atoms with Gasteiger partial charge in [-0.1, -0.05) is 0 Å². The third-order valence-corrected chi connectivity index (χ3v) is 5.10. The monoisotopic (exact) mass is 385 g/mol. The second-order valence-electron chi connectivity index (χ2n) is 5.77. The summed E-state index contributed by atoms with van der Waals surface area (Å²) in [6.45, 7) is 0.0386. The molecule has 9 nitrogen and oxygen atoms in total. The normalized spacial score (nSPS) is 11.2. The Morgan fingerprint density at radius 3 is 2.85 bits per heavy atom. The fourth-order valence-electron chi connectivity index (χ4n) is 2.84. The number of benzene rings is 1. The third-order valence-electron chi connectivity index (χ3n) is 4.21. The summed E-state index contributed by atoms with van der Waals surface area (Å²) in [5.74, 6) is 1.09. The van der Waals surface area contributed by atoms with Crippen LogP contribution in [0.5, 0.6) is 11.5 Å². The van der Waals surface area contributed by atoms with Crippen LogP contribution in [0.4, 0.5) is 0 Å². The van der Waals surface area contributed by atoms with Crippen LogP contribution in [0.2, 0.25) is 0 Å². The van der Waals surface area contributed by atoms with Gasteiger partial charge in [0.15, 0.2) is 5.82 Å². The predicted octanol–water partition coefficient (Wildman–Crippen LogP) is 1.33. The SMILES string of the molecule is COc1ccc(OCc2nnc3n(C)c(=O)c4sccc4n23)c(C(N)=O)c1. The van der Waals surface area contributed by atoms with Crippen LogP contribution in [0.15, 0.2) is 34.4 Å². The van der Waals surface area contributed by atoms with Gasteiger partial charge in [-0.3, -0.25) is 18.6 Å². The predicted molar refractivity (Wildman–Crippen MR) is 99.5 cm³/mol. The van der Waals surface area contributed by atoms with E-state index in [-0.39, 0.29) is 17.7 Å². The summed E-state index contributed by atoms with van der Waals surface area (Å²) in [5.41, 5.74) is 6.22. The van der Waals surface area contributed by atoms with Crippen molar-refractivity contribution in [2.24, 2.45) is 12.8 Å². The first kappa shape index (κ1) is 17.0. The summed E-state index contributed by atoms with van der Waals surface area (Å²) >= 11 is 1.35. The van der Waals surface area contributed by atoms with Gasteiger partial charge in [-0.2, -0.15) is 0 Å². The molecule has 2 N–H and O–H groups in total. The van der Waals surface area contributed by atoms with E-state index < -0.39 is 5.91 Å². The minimum absolute atomic E-state index is 0.0386. The molecule has 3 aromatic heterocycles. The van der Waals surface area contributed by atoms with Crippen molar-refractivity contribution in [1.29, 1.82) is 0 Å².